The normalized spacial score (nSPS) is 10.9. The molecular formula is C15H12BrNO. The third-order valence-electron chi connectivity index (χ3n) is 3.11. The van der Waals surface area contributed by atoms with Gasteiger partial charge in [0.05, 0.1) is 0 Å². The summed E-state index contributed by atoms with van der Waals surface area (Å²) in [7, 11) is 0. The van der Waals surface area contributed by atoms with Gasteiger partial charge in [-0.15, -0.1) is 0 Å². The number of H-pyrrole nitrogens is 1. The first-order valence-corrected chi connectivity index (χ1v) is 6.56. The number of hydrogen-bond acceptors (Lipinski definition) is 1. The van der Waals surface area contributed by atoms with Crippen LogP contribution in [0.15, 0.2) is 53.1 Å². The number of benzene rings is 2. The van der Waals surface area contributed by atoms with Gasteiger partial charge < -0.3 is 10.1 Å². The summed E-state index contributed by atoms with van der Waals surface area (Å²) >= 11 is 3.58. The number of aromatic amines is 1. The zero-order chi connectivity index (χ0) is 12.5. The van der Waals surface area contributed by atoms with Crippen LogP contribution in [0.4, 0.5) is 0 Å². The zero-order valence-corrected chi connectivity index (χ0v) is 11.2. The Balaban J connectivity index is 2.09. The lowest BCUT2D eigenvalue weighted by Gasteiger charge is -2.04. The van der Waals surface area contributed by atoms with Gasteiger partial charge in [0.15, 0.2) is 0 Å². The van der Waals surface area contributed by atoms with Crippen molar-refractivity contribution in [3.63, 3.8) is 0 Å². The SMILES string of the molecule is Oc1ccccc1Cc1c[nH]c2cccc(Br)c12. The summed E-state index contributed by atoms with van der Waals surface area (Å²) in [6, 6.07) is 13.5. The first-order valence-electron chi connectivity index (χ1n) is 5.77. The van der Waals surface area contributed by atoms with E-state index in [1.165, 1.54) is 10.9 Å². The number of fused-ring (bicyclic) bond motifs is 1. The third-order valence-corrected chi connectivity index (χ3v) is 3.77. The lowest BCUT2D eigenvalue weighted by molar-refractivity contribution is 0.469. The molecule has 1 aromatic heterocycles. The molecular weight excluding hydrogens is 290 g/mol. The molecule has 2 aromatic carbocycles. The molecule has 0 aliphatic rings. The van der Waals surface area contributed by atoms with Gasteiger partial charge in [0, 0.05) is 28.0 Å². The van der Waals surface area contributed by atoms with Gasteiger partial charge in [-0.1, -0.05) is 40.2 Å². The van der Waals surface area contributed by atoms with Crippen LogP contribution in [0.1, 0.15) is 11.1 Å². The van der Waals surface area contributed by atoms with Crippen molar-refractivity contribution in [2.45, 2.75) is 6.42 Å². The van der Waals surface area contributed by atoms with Crippen molar-refractivity contribution in [1.82, 2.24) is 4.98 Å². The van der Waals surface area contributed by atoms with Crippen LogP contribution in [-0.2, 0) is 6.42 Å². The van der Waals surface area contributed by atoms with E-state index in [2.05, 4.69) is 27.0 Å². The number of hydrogen-bond donors (Lipinski definition) is 2. The van der Waals surface area contributed by atoms with E-state index >= 15 is 0 Å². The lowest BCUT2D eigenvalue weighted by Crippen LogP contribution is -1.87. The standard InChI is InChI=1S/C15H12BrNO/c16-12-5-3-6-13-15(12)11(9-17-13)8-10-4-1-2-7-14(10)18/h1-7,9,17-18H,8H2. The molecule has 0 aliphatic heterocycles. The highest BCUT2D eigenvalue weighted by Gasteiger charge is 2.09. The van der Waals surface area contributed by atoms with E-state index in [1.54, 1.807) is 6.07 Å². The Kier molecular flexibility index (Phi) is 2.84. The Morgan fingerprint density at radius 1 is 1.00 bits per heavy atom. The summed E-state index contributed by atoms with van der Waals surface area (Å²) < 4.78 is 1.08. The van der Waals surface area contributed by atoms with Gasteiger partial charge in [0.2, 0.25) is 0 Å². The van der Waals surface area contributed by atoms with Gasteiger partial charge in [-0.05, 0) is 29.3 Å². The number of aromatic hydroxyl groups is 1. The number of para-hydroxylation sites is 1. The highest BCUT2D eigenvalue weighted by atomic mass is 79.9. The Labute approximate surface area is 113 Å². The van der Waals surface area contributed by atoms with Crippen molar-refractivity contribution in [3.8, 4) is 5.75 Å². The van der Waals surface area contributed by atoms with Crippen molar-refractivity contribution in [2.75, 3.05) is 0 Å². The Morgan fingerprint density at radius 3 is 2.67 bits per heavy atom. The molecule has 0 bridgehead atoms. The fraction of sp³-hybridized carbons (Fsp3) is 0.0667. The van der Waals surface area contributed by atoms with E-state index in [-0.39, 0.29) is 0 Å². The molecule has 0 radical (unpaired) electrons. The van der Waals surface area contributed by atoms with Crippen molar-refractivity contribution < 1.29 is 5.11 Å². The molecule has 1 heterocycles. The maximum atomic E-state index is 9.83. The number of phenolic OH excluding ortho intramolecular Hbond substituents is 1. The van der Waals surface area contributed by atoms with Gasteiger partial charge in [0.25, 0.3) is 0 Å². The lowest BCUT2D eigenvalue weighted by atomic mass is 10.0. The highest BCUT2D eigenvalue weighted by Crippen LogP contribution is 2.30. The number of rotatable bonds is 2. The van der Waals surface area contributed by atoms with Gasteiger partial charge in [0.1, 0.15) is 5.75 Å². The van der Waals surface area contributed by atoms with E-state index in [1.807, 2.05) is 36.5 Å². The van der Waals surface area contributed by atoms with Crippen LogP contribution in [0, 0.1) is 0 Å². The van der Waals surface area contributed by atoms with E-state index < -0.39 is 0 Å². The number of halogens is 1. The molecule has 0 unspecified atom stereocenters. The van der Waals surface area contributed by atoms with Gasteiger partial charge in [-0.3, -0.25) is 0 Å². The first-order chi connectivity index (χ1) is 8.75. The molecule has 0 amide bonds. The van der Waals surface area contributed by atoms with Crippen LogP contribution in [0.5, 0.6) is 5.75 Å². The monoisotopic (exact) mass is 301 g/mol. The molecule has 2 nitrogen and oxygen atoms in total. The average Bonchev–Trinajstić information content (AvgIpc) is 2.77. The molecule has 3 rings (SSSR count). The summed E-state index contributed by atoms with van der Waals surface area (Å²) in [5, 5.41) is 11.0. The van der Waals surface area contributed by atoms with Crippen LogP contribution >= 0.6 is 15.9 Å². The molecule has 0 saturated heterocycles. The quantitative estimate of drug-likeness (QED) is 0.730. The highest BCUT2D eigenvalue weighted by molar-refractivity contribution is 9.10. The van der Waals surface area contributed by atoms with E-state index in [0.717, 1.165) is 22.0 Å². The second kappa shape index (κ2) is 4.50. The molecule has 0 spiro atoms. The fourth-order valence-electron chi connectivity index (χ4n) is 2.21. The minimum atomic E-state index is 0.346. The van der Waals surface area contributed by atoms with E-state index in [9.17, 15) is 5.11 Å². The predicted molar refractivity (Wildman–Crippen MR) is 76.9 cm³/mol. The number of aromatic nitrogens is 1. The zero-order valence-electron chi connectivity index (χ0n) is 9.65. The van der Waals surface area contributed by atoms with Crippen molar-refractivity contribution in [3.05, 3.63) is 64.3 Å². The van der Waals surface area contributed by atoms with Crippen LogP contribution in [-0.4, -0.2) is 10.1 Å². The predicted octanol–water partition coefficient (Wildman–Crippen LogP) is 4.23. The maximum Gasteiger partial charge on any atom is 0.119 e. The smallest absolute Gasteiger partial charge is 0.119 e. The van der Waals surface area contributed by atoms with Crippen LogP contribution in [0.3, 0.4) is 0 Å². The van der Waals surface area contributed by atoms with Crippen molar-refractivity contribution in [1.29, 1.82) is 0 Å². The van der Waals surface area contributed by atoms with Gasteiger partial charge in [-0.25, -0.2) is 0 Å². The summed E-state index contributed by atoms with van der Waals surface area (Å²) in [4.78, 5) is 3.26. The Hall–Kier alpha value is -1.74. The van der Waals surface area contributed by atoms with Crippen LogP contribution in [0.2, 0.25) is 0 Å². The second-order valence-corrected chi connectivity index (χ2v) is 5.14. The minimum Gasteiger partial charge on any atom is -0.508 e. The van der Waals surface area contributed by atoms with E-state index in [0.29, 0.717) is 5.75 Å². The van der Waals surface area contributed by atoms with Crippen molar-refractivity contribution in [2.24, 2.45) is 0 Å². The molecule has 3 aromatic rings. The maximum absolute atomic E-state index is 9.83. The summed E-state index contributed by atoms with van der Waals surface area (Å²) in [6.07, 6.45) is 2.72. The molecule has 0 atom stereocenters. The Morgan fingerprint density at radius 2 is 1.83 bits per heavy atom. The molecule has 0 fully saturated rings. The topological polar surface area (TPSA) is 36.0 Å². The van der Waals surface area contributed by atoms with E-state index in [4.69, 9.17) is 0 Å². The second-order valence-electron chi connectivity index (χ2n) is 4.28. The molecule has 0 aliphatic carbocycles. The van der Waals surface area contributed by atoms with Crippen LogP contribution < -0.4 is 0 Å². The Bertz CT molecular complexity index is 703. The first kappa shape index (κ1) is 11.4. The largest absolute Gasteiger partial charge is 0.508 e. The molecule has 2 N–H and O–H groups in total. The van der Waals surface area contributed by atoms with Gasteiger partial charge in [-0.2, -0.15) is 0 Å². The van der Waals surface area contributed by atoms with Crippen molar-refractivity contribution >= 4 is 26.8 Å². The summed E-state index contributed by atoms with van der Waals surface area (Å²) in [5.41, 5.74) is 3.22. The van der Waals surface area contributed by atoms with Crippen LogP contribution in [0.25, 0.3) is 10.9 Å². The molecule has 90 valence electrons. The number of nitrogens with one attached hydrogen (secondary N) is 1. The summed E-state index contributed by atoms with van der Waals surface area (Å²) in [6.45, 7) is 0. The molecule has 3 heteroatoms. The third kappa shape index (κ3) is 1.91. The number of phenols is 1. The minimum absolute atomic E-state index is 0.346. The fourth-order valence-corrected chi connectivity index (χ4v) is 2.83. The molecule has 18 heavy (non-hydrogen) atoms. The summed E-state index contributed by atoms with van der Waals surface area (Å²) in [5.74, 6) is 0.346. The molecule has 0 saturated carbocycles. The average molecular weight is 302 g/mol. The van der Waals surface area contributed by atoms with Gasteiger partial charge >= 0.3 is 0 Å².